The van der Waals surface area contributed by atoms with Crippen molar-refractivity contribution in [2.45, 2.75) is 13.3 Å². The SMILES string of the molecule is CCCN1C(=O)/C(=c2\sc3nc(-c4cccnc4)nn3c2=O)c2cc(Br)ccc21. The average molecular weight is 468 g/mol. The lowest BCUT2D eigenvalue weighted by atomic mass is 10.1. The molecule has 0 unspecified atom stereocenters. The van der Waals surface area contributed by atoms with E-state index in [1.54, 1.807) is 23.4 Å². The van der Waals surface area contributed by atoms with Crippen LogP contribution in [0.1, 0.15) is 18.9 Å². The van der Waals surface area contributed by atoms with Crippen LogP contribution in [0.2, 0.25) is 0 Å². The fourth-order valence-electron chi connectivity index (χ4n) is 3.47. The lowest BCUT2D eigenvalue weighted by molar-refractivity contribution is -0.113. The molecule has 1 aromatic carbocycles. The van der Waals surface area contributed by atoms with Crippen molar-refractivity contribution in [3.8, 4) is 11.4 Å². The maximum absolute atomic E-state index is 13.2. The zero-order chi connectivity index (χ0) is 20.1. The van der Waals surface area contributed by atoms with E-state index in [-0.39, 0.29) is 11.5 Å². The summed E-state index contributed by atoms with van der Waals surface area (Å²) in [6, 6.07) is 9.32. The lowest BCUT2D eigenvalue weighted by Crippen LogP contribution is -2.32. The van der Waals surface area contributed by atoms with Crippen molar-refractivity contribution < 1.29 is 4.79 Å². The highest BCUT2D eigenvalue weighted by molar-refractivity contribution is 9.10. The fourth-order valence-corrected chi connectivity index (χ4v) is 4.83. The molecule has 29 heavy (non-hydrogen) atoms. The van der Waals surface area contributed by atoms with Gasteiger partial charge in [-0.15, -0.1) is 5.10 Å². The number of anilines is 1. The van der Waals surface area contributed by atoms with Crippen LogP contribution in [0, 0.1) is 0 Å². The Balaban J connectivity index is 1.75. The number of benzene rings is 1. The molecule has 1 aliphatic heterocycles. The Hall–Kier alpha value is -2.91. The Morgan fingerprint density at radius 1 is 1.21 bits per heavy atom. The minimum absolute atomic E-state index is 0.158. The van der Waals surface area contributed by atoms with Gasteiger partial charge in [-0.05, 0) is 36.8 Å². The van der Waals surface area contributed by atoms with Gasteiger partial charge in [-0.1, -0.05) is 34.2 Å². The molecule has 4 aromatic rings. The second-order valence-corrected chi connectivity index (χ2v) is 8.49. The molecule has 7 nitrogen and oxygen atoms in total. The van der Waals surface area contributed by atoms with E-state index in [0.29, 0.717) is 27.4 Å². The number of carbonyl (C=O) groups is 1. The fraction of sp³-hybridized carbons (Fsp3) is 0.150. The van der Waals surface area contributed by atoms with E-state index in [0.717, 1.165) is 27.7 Å². The van der Waals surface area contributed by atoms with Gasteiger partial charge in [-0.3, -0.25) is 14.6 Å². The molecule has 9 heteroatoms. The summed E-state index contributed by atoms with van der Waals surface area (Å²) in [6.07, 6.45) is 4.14. The third kappa shape index (κ3) is 2.80. The van der Waals surface area contributed by atoms with E-state index in [4.69, 9.17) is 0 Å². The van der Waals surface area contributed by atoms with Crippen molar-refractivity contribution in [2.75, 3.05) is 11.4 Å². The number of carbonyl (C=O) groups excluding carboxylic acids is 1. The van der Waals surface area contributed by atoms with Crippen LogP contribution in [0.15, 0.2) is 52.0 Å². The topological polar surface area (TPSA) is 80.5 Å². The normalized spacial score (nSPS) is 15.4. The first-order valence-electron chi connectivity index (χ1n) is 9.04. The van der Waals surface area contributed by atoms with Crippen LogP contribution in [-0.4, -0.2) is 32.0 Å². The number of thiazole rings is 1. The Morgan fingerprint density at radius 2 is 2.07 bits per heavy atom. The molecule has 0 saturated heterocycles. The van der Waals surface area contributed by atoms with Crippen molar-refractivity contribution in [1.29, 1.82) is 0 Å². The number of pyridine rings is 1. The van der Waals surface area contributed by atoms with Gasteiger partial charge in [0.25, 0.3) is 11.5 Å². The molecule has 0 N–H and O–H groups in total. The predicted octanol–water partition coefficient (Wildman–Crippen LogP) is 2.65. The molecule has 1 amide bonds. The molecule has 0 fully saturated rings. The number of aromatic nitrogens is 4. The lowest BCUT2D eigenvalue weighted by Gasteiger charge is -2.15. The first-order valence-corrected chi connectivity index (χ1v) is 10.7. The van der Waals surface area contributed by atoms with E-state index in [1.807, 2.05) is 31.2 Å². The van der Waals surface area contributed by atoms with Crippen molar-refractivity contribution in [3.63, 3.8) is 0 Å². The molecular formula is C20H14BrN5O2S. The largest absolute Gasteiger partial charge is 0.308 e. The monoisotopic (exact) mass is 467 g/mol. The molecule has 3 aromatic heterocycles. The summed E-state index contributed by atoms with van der Waals surface area (Å²) in [5, 5.41) is 4.34. The molecular weight excluding hydrogens is 454 g/mol. The van der Waals surface area contributed by atoms with Gasteiger partial charge in [0.15, 0.2) is 5.82 Å². The third-order valence-electron chi connectivity index (χ3n) is 4.73. The van der Waals surface area contributed by atoms with Crippen LogP contribution in [0.5, 0.6) is 0 Å². The highest BCUT2D eigenvalue weighted by Crippen LogP contribution is 2.37. The molecule has 0 aliphatic carbocycles. The number of hydrogen-bond acceptors (Lipinski definition) is 6. The predicted molar refractivity (Wildman–Crippen MR) is 115 cm³/mol. The number of fused-ring (bicyclic) bond motifs is 2. The van der Waals surface area contributed by atoms with Crippen LogP contribution >= 0.6 is 27.3 Å². The molecule has 0 spiro atoms. The quantitative estimate of drug-likeness (QED) is 0.462. The molecule has 0 atom stereocenters. The zero-order valence-corrected chi connectivity index (χ0v) is 17.7. The van der Waals surface area contributed by atoms with Gasteiger partial charge in [0, 0.05) is 34.5 Å². The van der Waals surface area contributed by atoms with Gasteiger partial charge in [0.2, 0.25) is 4.96 Å². The Kier molecular flexibility index (Phi) is 4.29. The van der Waals surface area contributed by atoms with E-state index in [1.165, 1.54) is 15.9 Å². The van der Waals surface area contributed by atoms with Gasteiger partial charge < -0.3 is 4.90 Å². The summed E-state index contributed by atoms with van der Waals surface area (Å²) in [7, 11) is 0. The first-order chi connectivity index (χ1) is 14.1. The van der Waals surface area contributed by atoms with Crippen molar-refractivity contribution in [3.05, 3.63) is 67.6 Å². The Morgan fingerprint density at radius 3 is 2.79 bits per heavy atom. The number of hydrogen-bond donors (Lipinski definition) is 0. The summed E-state index contributed by atoms with van der Waals surface area (Å²) < 4.78 is 2.48. The van der Waals surface area contributed by atoms with Crippen LogP contribution in [-0.2, 0) is 4.79 Å². The number of halogens is 1. The minimum Gasteiger partial charge on any atom is -0.308 e. The second kappa shape index (κ2) is 6.85. The van der Waals surface area contributed by atoms with Crippen LogP contribution in [0.4, 0.5) is 5.69 Å². The standard InChI is InChI=1S/C20H14BrN5O2S/c1-2-8-25-14-6-5-12(21)9-13(14)15(18(25)27)16-19(28)26-20(29-16)23-17(24-26)11-4-3-7-22-10-11/h3-7,9-10H,2,8H2,1H3/b16-15-. The Bertz CT molecular complexity index is 1380. The molecule has 0 bridgehead atoms. The average Bonchev–Trinajstić information content (AvgIpc) is 3.35. The molecule has 144 valence electrons. The minimum atomic E-state index is -0.333. The number of nitrogens with zero attached hydrogens (tertiary/aromatic N) is 5. The van der Waals surface area contributed by atoms with Crippen molar-refractivity contribution >= 4 is 49.4 Å². The van der Waals surface area contributed by atoms with Crippen molar-refractivity contribution in [2.24, 2.45) is 0 Å². The first kappa shape index (κ1) is 18.1. The molecule has 0 radical (unpaired) electrons. The van der Waals surface area contributed by atoms with Gasteiger partial charge in [0.1, 0.15) is 4.53 Å². The zero-order valence-electron chi connectivity index (χ0n) is 15.3. The summed E-state index contributed by atoms with van der Waals surface area (Å²) >= 11 is 4.66. The third-order valence-corrected chi connectivity index (χ3v) is 6.25. The van der Waals surface area contributed by atoms with Crippen LogP contribution in [0.3, 0.4) is 0 Å². The van der Waals surface area contributed by atoms with Crippen LogP contribution < -0.4 is 15.0 Å². The summed E-state index contributed by atoms with van der Waals surface area (Å²) in [6.45, 7) is 2.61. The van der Waals surface area contributed by atoms with Gasteiger partial charge in [0.05, 0.1) is 11.3 Å². The summed E-state index contributed by atoms with van der Waals surface area (Å²) in [5.41, 5.74) is 2.40. The van der Waals surface area contributed by atoms with Gasteiger partial charge >= 0.3 is 0 Å². The van der Waals surface area contributed by atoms with Gasteiger partial charge in [-0.25, -0.2) is 0 Å². The molecule has 5 rings (SSSR count). The number of rotatable bonds is 3. The van der Waals surface area contributed by atoms with E-state index in [9.17, 15) is 9.59 Å². The number of amides is 1. The maximum Gasteiger partial charge on any atom is 0.291 e. The smallest absolute Gasteiger partial charge is 0.291 e. The van der Waals surface area contributed by atoms with Gasteiger partial charge in [-0.2, -0.15) is 9.50 Å². The summed E-state index contributed by atoms with van der Waals surface area (Å²) in [4.78, 5) is 37.0. The van der Waals surface area contributed by atoms with E-state index < -0.39 is 0 Å². The van der Waals surface area contributed by atoms with E-state index in [2.05, 4.69) is 31.0 Å². The van der Waals surface area contributed by atoms with Crippen molar-refractivity contribution in [1.82, 2.24) is 19.6 Å². The second-order valence-electron chi connectivity index (χ2n) is 6.60. The summed E-state index contributed by atoms with van der Waals surface area (Å²) in [5.74, 6) is 0.278. The Labute approximate surface area is 177 Å². The highest BCUT2D eigenvalue weighted by atomic mass is 79.9. The maximum atomic E-state index is 13.2. The van der Waals surface area contributed by atoms with Crippen LogP contribution in [0.25, 0.3) is 21.9 Å². The highest BCUT2D eigenvalue weighted by Gasteiger charge is 2.34. The van der Waals surface area contributed by atoms with E-state index >= 15 is 0 Å². The molecule has 4 heterocycles. The molecule has 1 aliphatic rings. The molecule has 0 saturated carbocycles.